The van der Waals surface area contributed by atoms with Gasteiger partial charge in [-0.2, -0.15) is 5.10 Å². The predicted octanol–water partition coefficient (Wildman–Crippen LogP) is 6.54. The highest BCUT2D eigenvalue weighted by Crippen LogP contribution is 2.42. The topological polar surface area (TPSA) is 143 Å². The Bertz CT molecular complexity index is 2100. The van der Waals surface area contributed by atoms with Gasteiger partial charge in [-0.05, 0) is 51.5 Å². The Morgan fingerprint density at radius 3 is 2.31 bits per heavy atom. The number of rotatable bonds is 12. The number of pyridine rings is 1. The van der Waals surface area contributed by atoms with Crippen LogP contribution in [0, 0.1) is 0 Å². The van der Waals surface area contributed by atoms with Crippen LogP contribution in [-0.2, 0) is 22.6 Å². The van der Waals surface area contributed by atoms with E-state index in [4.69, 9.17) is 47.9 Å². The minimum Gasteiger partial charge on any atom is -0.481 e. The minimum atomic E-state index is -0.697. The van der Waals surface area contributed by atoms with Crippen molar-refractivity contribution < 1.29 is 24.2 Å². The number of aliphatic hydroxyl groups excluding tert-OH is 1. The third kappa shape index (κ3) is 8.47. The summed E-state index contributed by atoms with van der Waals surface area (Å²) in [5.41, 5.74) is 5.54. The molecule has 0 saturated carbocycles. The summed E-state index contributed by atoms with van der Waals surface area (Å²) in [6, 6.07) is 18.7. The average molecular weight is 747 g/mol. The van der Waals surface area contributed by atoms with E-state index in [-0.39, 0.29) is 31.6 Å². The molecule has 3 aromatic heterocycles. The van der Waals surface area contributed by atoms with Crippen molar-refractivity contribution in [3.8, 4) is 39.5 Å². The number of hydrogen-bond donors (Lipinski definition) is 3. The van der Waals surface area contributed by atoms with E-state index in [1.807, 2.05) is 87.6 Å². The van der Waals surface area contributed by atoms with Gasteiger partial charge in [0, 0.05) is 59.9 Å². The quantitative estimate of drug-likeness (QED) is 0.121. The van der Waals surface area contributed by atoms with E-state index >= 15 is 0 Å². The third-order valence-corrected chi connectivity index (χ3v) is 9.29. The largest absolute Gasteiger partial charge is 0.481 e. The predicted molar refractivity (Wildman–Crippen MR) is 200 cm³/mol. The molecule has 2 aromatic carbocycles. The molecular formula is C38H41Cl2N7O5. The number of aromatic nitrogens is 4. The summed E-state index contributed by atoms with van der Waals surface area (Å²) in [6.07, 6.45) is 2.41. The zero-order chi connectivity index (χ0) is 37.0. The molecule has 0 spiro atoms. The molecule has 272 valence electrons. The van der Waals surface area contributed by atoms with Crippen molar-refractivity contribution in [3.63, 3.8) is 0 Å². The van der Waals surface area contributed by atoms with E-state index in [0.29, 0.717) is 75.6 Å². The fraction of sp³-hybridized carbons (Fsp3) is 0.342. The number of imidazole rings is 1. The summed E-state index contributed by atoms with van der Waals surface area (Å²) >= 11 is 14.2. The molecule has 52 heavy (non-hydrogen) atoms. The highest BCUT2D eigenvalue weighted by Gasteiger charge is 2.29. The molecular weight excluding hydrogens is 705 g/mol. The van der Waals surface area contributed by atoms with Crippen molar-refractivity contribution >= 4 is 40.8 Å². The van der Waals surface area contributed by atoms with Crippen molar-refractivity contribution in [3.05, 3.63) is 88.2 Å². The van der Waals surface area contributed by atoms with Gasteiger partial charge in [-0.25, -0.2) is 19.3 Å². The van der Waals surface area contributed by atoms with Crippen molar-refractivity contribution in [2.75, 3.05) is 26.8 Å². The van der Waals surface area contributed by atoms with E-state index in [9.17, 15) is 9.59 Å². The minimum absolute atomic E-state index is 0.0318. The van der Waals surface area contributed by atoms with Gasteiger partial charge in [-0.15, -0.1) is 0 Å². The Balaban J connectivity index is 1.28. The molecule has 0 bridgehead atoms. The number of halogens is 2. The van der Waals surface area contributed by atoms with Gasteiger partial charge in [0.2, 0.25) is 11.8 Å². The van der Waals surface area contributed by atoms with Crippen LogP contribution in [-0.4, -0.2) is 80.0 Å². The number of aliphatic hydroxyl groups is 1. The molecule has 1 aliphatic heterocycles. The summed E-state index contributed by atoms with van der Waals surface area (Å²) < 4.78 is 13.1. The summed E-state index contributed by atoms with van der Waals surface area (Å²) in [6.45, 7) is 6.93. The number of carbonyl (C=O) groups is 2. The Morgan fingerprint density at radius 1 is 1.00 bits per heavy atom. The van der Waals surface area contributed by atoms with Gasteiger partial charge in [0.25, 0.3) is 0 Å². The van der Waals surface area contributed by atoms with E-state index in [1.54, 1.807) is 9.42 Å². The first-order valence-electron chi connectivity index (χ1n) is 17.0. The lowest BCUT2D eigenvalue weighted by molar-refractivity contribution is -0.119. The van der Waals surface area contributed by atoms with E-state index in [0.717, 1.165) is 16.8 Å². The average Bonchev–Trinajstić information content (AvgIpc) is 3.72. The van der Waals surface area contributed by atoms with Crippen molar-refractivity contribution in [1.29, 1.82) is 0 Å². The molecule has 1 atom stereocenters. The van der Waals surface area contributed by atoms with Gasteiger partial charge in [0.05, 0.1) is 53.6 Å². The van der Waals surface area contributed by atoms with Gasteiger partial charge < -0.3 is 30.1 Å². The molecule has 1 fully saturated rings. The number of hydrogen-bond acceptors (Lipinski definition) is 9. The van der Waals surface area contributed by atoms with E-state index in [1.165, 1.54) is 7.11 Å². The van der Waals surface area contributed by atoms with Crippen molar-refractivity contribution in [2.24, 2.45) is 0 Å². The van der Waals surface area contributed by atoms with Crippen LogP contribution in [0.25, 0.3) is 39.3 Å². The first-order valence-corrected chi connectivity index (χ1v) is 17.8. The van der Waals surface area contributed by atoms with Crippen molar-refractivity contribution in [2.45, 2.75) is 58.3 Å². The molecule has 6 rings (SSSR count). The summed E-state index contributed by atoms with van der Waals surface area (Å²) in [7, 11) is 1.53. The second kappa shape index (κ2) is 15.9. The smallest absolute Gasteiger partial charge is 0.410 e. The van der Waals surface area contributed by atoms with Crippen LogP contribution in [0.2, 0.25) is 10.0 Å². The zero-order valence-corrected chi connectivity index (χ0v) is 31.0. The molecule has 3 N–H and O–H groups in total. The Kier molecular flexibility index (Phi) is 11.3. The van der Waals surface area contributed by atoms with Crippen molar-refractivity contribution in [1.82, 2.24) is 35.1 Å². The SMILES string of the molecule is COc1nc(-c2cccc(-c3cccc(-c4ccc5nc(CNCCO)cn5n4)c3Cl)c2Cl)ccc1CN(C[C@@H]1CCC(=O)N1)C(=O)OC(C)(C)C. The number of nitrogens with one attached hydrogen (secondary N) is 2. The van der Waals surface area contributed by atoms with Gasteiger partial charge in [0.15, 0.2) is 5.65 Å². The third-order valence-electron chi connectivity index (χ3n) is 8.48. The molecule has 12 nitrogen and oxygen atoms in total. The summed E-state index contributed by atoms with van der Waals surface area (Å²) in [4.78, 5) is 36.1. The van der Waals surface area contributed by atoms with Crippen LogP contribution >= 0.6 is 23.2 Å². The molecule has 0 unspecified atom stereocenters. The first-order chi connectivity index (χ1) is 24.9. The number of ether oxygens (including phenoxy) is 2. The van der Waals surface area contributed by atoms with Gasteiger partial charge in [-0.3, -0.25) is 4.79 Å². The lowest BCUT2D eigenvalue weighted by atomic mass is 9.98. The maximum absolute atomic E-state index is 13.3. The van der Waals surface area contributed by atoms with Gasteiger partial charge in [-0.1, -0.05) is 59.6 Å². The van der Waals surface area contributed by atoms with Crippen LogP contribution < -0.4 is 15.4 Å². The van der Waals surface area contributed by atoms with Crippen LogP contribution in [0.15, 0.2) is 66.9 Å². The van der Waals surface area contributed by atoms with Crippen LogP contribution in [0.4, 0.5) is 4.79 Å². The molecule has 1 saturated heterocycles. The molecule has 14 heteroatoms. The fourth-order valence-corrected chi connectivity index (χ4v) is 6.71. The molecule has 0 radical (unpaired) electrons. The van der Waals surface area contributed by atoms with E-state index in [2.05, 4.69) is 15.6 Å². The molecule has 5 aromatic rings. The van der Waals surface area contributed by atoms with Crippen LogP contribution in [0.5, 0.6) is 5.88 Å². The number of benzene rings is 2. The summed E-state index contributed by atoms with van der Waals surface area (Å²) in [5.74, 6) is 0.298. The van der Waals surface area contributed by atoms with E-state index < -0.39 is 11.7 Å². The van der Waals surface area contributed by atoms with Gasteiger partial charge in [0.1, 0.15) is 5.60 Å². The second-order valence-corrected chi connectivity index (χ2v) is 14.3. The fourth-order valence-electron chi connectivity index (χ4n) is 6.06. The molecule has 0 aliphatic carbocycles. The first kappa shape index (κ1) is 37.0. The Hall–Kier alpha value is -4.75. The molecule has 1 aliphatic rings. The number of carbonyl (C=O) groups excluding carboxylic acids is 2. The maximum atomic E-state index is 13.3. The van der Waals surface area contributed by atoms with Gasteiger partial charge >= 0.3 is 6.09 Å². The molecule has 4 heterocycles. The number of amides is 2. The standard InChI is InChI=1S/C38H41Cl2N7O5/c1-38(2,3)52-37(50)46(21-24-12-16-33(49)43-24)20-23-11-13-30(44-36(23)51-4)28-9-5-7-26(34(28)39)27-8-6-10-29(35(27)40)31-14-15-32-42-25(19-41-17-18-48)22-47(32)45-31/h5-11,13-15,22,24,41,48H,12,16-21H2,1-4H3,(H,43,49)/t24-/m0/s1. The lowest BCUT2D eigenvalue weighted by Crippen LogP contribution is -2.43. The number of methoxy groups -OCH3 is 1. The van der Waals surface area contributed by atoms with Crippen LogP contribution in [0.3, 0.4) is 0 Å². The highest BCUT2D eigenvalue weighted by molar-refractivity contribution is 6.39. The lowest BCUT2D eigenvalue weighted by Gasteiger charge is -2.29. The summed E-state index contributed by atoms with van der Waals surface area (Å²) in [5, 5.41) is 20.8. The second-order valence-electron chi connectivity index (χ2n) is 13.5. The number of nitrogens with zero attached hydrogens (tertiary/aromatic N) is 5. The number of fused-ring (bicyclic) bond motifs is 1. The molecule has 2 amide bonds. The zero-order valence-electron chi connectivity index (χ0n) is 29.5. The Morgan fingerprint density at radius 2 is 1.67 bits per heavy atom. The maximum Gasteiger partial charge on any atom is 0.410 e. The monoisotopic (exact) mass is 745 g/mol. The Labute approximate surface area is 312 Å². The highest BCUT2D eigenvalue weighted by atomic mass is 35.5. The van der Waals surface area contributed by atoms with Crippen LogP contribution in [0.1, 0.15) is 44.9 Å². The normalized spacial score (nSPS) is 14.4.